The first-order valence-corrected chi connectivity index (χ1v) is 8.95. The SMILES string of the molecule is CCCN1CC(CSC)CC2Cc3[nH]ncc3C[C@H]21. The quantitative estimate of drug-likeness (QED) is 0.919. The molecule has 3 rings (SSSR count). The molecule has 0 saturated carbocycles. The zero-order chi connectivity index (χ0) is 13.2. The van der Waals surface area contributed by atoms with E-state index < -0.39 is 0 Å². The lowest BCUT2D eigenvalue weighted by atomic mass is 9.75. The monoisotopic (exact) mass is 279 g/mol. The number of nitrogens with one attached hydrogen (secondary N) is 1. The molecule has 19 heavy (non-hydrogen) atoms. The Morgan fingerprint density at radius 3 is 3.16 bits per heavy atom. The Morgan fingerprint density at radius 2 is 2.37 bits per heavy atom. The van der Waals surface area contributed by atoms with Gasteiger partial charge in [-0.2, -0.15) is 16.9 Å². The molecular weight excluding hydrogens is 254 g/mol. The molecule has 1 saturated heterocycles. The number of hydrogen-bond acceptors (Lipinski definition) is 3. The van der Waals surface area contributed by atoms with Crippen molar-refractivity contribution in [2.75, 3.05) is 25.1 Å². The van der Waals surface area contributed by atoms with Crippen LogP contribution in [0.3, 0.4) is 0 Å². The second-order valence-corrected chi connectivity index (χ2v) is 7.07. The van der Waals surface area contributed by atoms with Crippen molar-refractivity contribution in [1.82, 2.24) is 15.1 Å². The van der Waals surface area contributed by atoms with Crippen molar-refractivity contribution in [3.05, 3.63) is 17.5 Å². The van der Waals surface area contributed by atoms with Crippen LogP contribution in [0.15, 0.2) is 6.20 Å². The fourth-order valence-electron chi connectivity index (χ4n) is 4.02. The Hall–Kier alpha value is -0.480. The van der Waals surface area contributed by atoms with Crippen LogP contribution in [0.5, 0.6) is 0 Å². The summed E-state index contributed by atoms with van der Waals surface area (Å²) in [6.07, 6.45) is 9.39. The number of hydrogen-bond donors (Lipinski definition) is 1. The second-order valence-electron chi connectivity index (χ2n) is 6.16. The number of H-pyrrole nitrogens is 1. The number of likely N-dealkylation sites (tertiary alicyclic amines) is 1. The first kappa shape index (κ1) is 13.5. The summed E-state index contributed by atoms with van der Waals surface area (Å²) < 4.78 is 0. The maximum atomic E-state index is 4.24. The predicted octanol–water partition coefficient (Wildman–Crippen LogP) is 2.59. The Bertz CT molecular complexity index is 417. The van der Waals surface area contributed by atoms with Crippen molar-refractivity contribution in [2.24, 2.45) is 11.8 Å². The molecule has 3 atom stereocenters. The third kappa shape index (κ3) is 2.70. The van der Waals surface area contributed by atoms with E-state index in [0.717, 1.165) is 17.9 Å². The number of thioether (sulfide) groups is 1. The lowest BCUT2D eigenvalue weighted by Gasteiger charge is -2.47. The molecule has 1 N–H and O–H groups in total. The molecule has 2 unspecified atom stereocenters. The largest absolute Gasteiger partial charge is 0.299 e. The van der Waals surface area contributed by atoms with Crippen molar-refractivity contribution >= 4 is 11.8 Å². The van der Waals surface area contributed by atoms with E-state index in [4.69, 9.17) is 0 Å². The van der Waals surface area contributed by atoms with Gasteiger partial charge < -0.3 is 0 Å². The zero-order valence-electron chi connectivity index (χ0n) is 12.1. The smallest absolute Gasteiger partial charge is 0.0522 e. The van der Waals surface area contributed by atoms with Gasteiger partial charge in [0.15, 0.2) is 0 Å². The van der Waals surface area contributed by atoms with Crippen molar-refractivity contribution < 1.29 is 0 Å². The van der Waals surface area contributed by atoms with Crippen LogP contribution in [0.2, 0.25) is 0 Å². The molecule has 0 amide bonds. The van der Waals surface area contributed by atoms with Crippen LogP contribution in [-0.2, 0) is 12.8 Å². The predicted molar refractivity (Wildman–Crippen MR) is 81.6 cm³/mol. The number of fused-ring (bicyclic) bond motifs is 2. The molecule has 3 nitrogen and oxygen atoms in total. The van der Waals surface area contributed by atoms with Crippen molar-refractivity contribution in [3.63, 3.8) is 0 Å². The minimum absolute atomic E-state index is 0.767. The summed E-state index contributed by atoms with van der Waals surface area (Å²) >= 11 is 2.01. The average molecular weight is 279 g/mol. The van der Waals surface area contributed by atoms with Crippen molar-refractivity contribution in [2.45, 2.75) is 38.6 Å². The van der Waals surface area contributed by atoms with E-state index in [1.54, 1.807) is 0 Å². The second kappa shape index (κ2) is 5.88. The van der Waals surface area contributed by atoms with E-state index in [-0.39, 0.29) is 0 Å². The molecule has 1 aromatic heterocycles. The first-order valence-electron chi connectivity index (χ1n) is 7.56. The van der Waals surface area contributed by atoms with Gasteiger partial charge in [0.25, 0.3) is 0 Å². The topological polar surface area (TPSA) is 31.9 Å². The number of aromatic nitrogens is 2. The summed E-state index contributed by atoms with van der Waals surface area (Å²) in [5, 5.41) is 7.45. The summed E-state index contributed by atoms with van der Waals surface area (Å²) in [5.41, 5.74) is 2.87. The summed E-state index contributed by atoms with van der Waals surface area (Å²) in [7, 11) is 0. The van der Waals surface area contributed by atoms with Crippen LogP contribution in [0, 0.1) is 11.8 Å². The van der Waals surface area contributed by atoms with E-state index in [9.17, 15) is 0 Å². The fourth-order valence-corrected chi connectivity index (χ4v) is 4.73. The van der Waals surface area contributed by atoms with E-state index in [0.29, 0.717) is 0 Å². The van der Waals surface area contributed by atoms with Gasteiger partial charge in [-0.1, -0.05) is 6.92 Å². The summed E-state index contributed by atoms with van der Waals surface area (Å²) in [6, 6.07) is 0.767. The molecule has 0 aromatic carbocycles. The van der Waals surface area contributed by atoms with Crippen LogP contribution in [0.1, 0.15) is 31.0 Å². The van der Waals surface area contributed by atoms with Crippen LogP contribution < -0.4 is 0 Å². The van der Waals surface area contributed by atoms with Gasteiger partial charge in [-0.15, -0.1) is 0 Å². The van der Waals surface area contributed by atoms with Gasteiger partial charge in [-0.05, 0) is 61.6 Å². The van der Waals surface area contributed by atoms with E-state index in [1.165, 1.54) is 55.8 Å². The van der Waals surface area contributed by atoms with Crippen molar-refractivity contribution in [1.29, 1.82) is 0 Å². The van der Waals surface area contributed by atoms with Gasteiger partial charge in [-0.25, -0.2) is 0 Å². The molecule has 1 aliphatic heterocycles. The maximum Gasteiger partial charge on any atom is 0.0522 e. The highest BCUT2D eigenvalue weighted by Crippen LogP contribution is 2.37. The Balaban J connectivity index is 1.78. The van der Waals surface area contributed by atoms with E-state index in [2.05, 4.69) is 28.3 Å². The molecular formula is C15H25N3S. The Labute approximate surface area is 120 Å². The summed E-state index contributed by atoms with van der Waals surface area (Å²) in [4.78, 5) is 2.77. The van der Waals surface area contributed by atoms with E-state index >= 15 is 0 Å². The minimum Gasteiger partial charge on any atom is -0.299 e. The van der Waals surface area contributed by atoms with Gasteiger partial charge in [0, 0.05) is 18.3 Å². The van der Waals surface area contributed by atoms with E-state index in [1.807, 2.05) is 18.0 Å². The normalized spacial score (nSPS) is 30.9. The van der Waals surface area contributed by atoms with Crippen LogP contribution >= 0.6 is 11.8 Å². The van der Waals surface area contributed by atoms with Crippen LogP contribution in [-0.4, -0.2) is 46.2 Å². The lowest BCUT2D eigenvalue weighted by molar-refractivity contribution is 0.0558. The molecule has 0 bridgehead atoms. The van der Waals surface area contributed by atoms with Crippen LogP contribution in [0.25, 0.3) is 0 Å². The molecule has 0 spiro atoms. The molecule has 0 radical (unpaired) electrons. The molecule has 2 aliphatic rings. The van der Waals surface area contributed by atoms with Gasteiger partial charge in [0.1, 0.15) is 0 Å². The summed E-state index contributed by atoms with van der Waals surface area (Å²) in [6.45, 7) is 4.88. The highest BCUT2D eigenvalue weighted by molar-refractivity contribution is 7.98. The molecule has 2 heterocycles. The molecule has 1 aliphatic carbocycles. The molecule has 1 aromatic rings. The zero-order valence-corrected chi connectivity index (χ0v) is 12.9. The first-order chi connectivity index (χ1) is 9.31. The van der Waals surface area contributed by atoms with Gasteiger partial charge in [0.05, 0.1) is 6.20 Å². The Morgan fingerprint density at radius 1 is 1.47 bits per heavy atom. The average Bonchev–Trinajstić information content (AvgIpc) is 2.84. The molecule has 106 valence electrons. The lowest BCUT2D eigenvalue weighted by Crippen LogP contribution is -2.52. The third-order valence-corrected chi connectivity index (χ3v) is 5.56. The number of nitrogens with zero attached hydrogens (tertiary/aromatic N) is 2. The highest BCUT2D eigenvalue weighted by atomic mass is 32.2. The van der Waals surface area contributed by atoms with Gasteiger partial charge >= 0.3 is 0 Å². The highest BCUT2D eigenvalue weighted by Gasteiger charge is 2.39. The standard InChI is InChI=1S/C15H25N3S/c1-3-4-18-9-11(10-19-2)5-12-6-14-13(7-15(12)18)8-16-17-14/h8,11-12,15H,3-7,9-10H2,1-2H3,(H,16,17)/t11?,12?,15-/m1/s1. The number of piperidine rings is 1. The number of aromatic amines is 1. The van der Waals surface area contributed by atoms with Gasteiger partial charge in [0.2, 0.25) is 0 Å². The molecule has 1 fully saturated rings. The maximum absolute atomic E-state index is 4.24. The summed E-state index contributed by atoms with van der Waals surface area (Å²) in [5.74, 6) is 3.04. The fraction of sp³-hybridized carbons (Fsp3) is 0.800. The van der Waals surface area contributed by atoms with Crippen LogP contribution in [0.4, 0.5) is 0 Å². The molecule has 4 heteroatoms. The third-order valence-electron chi connectivity index (χ3n) is 4.76. The van der Waals surface area contributed by atoms with Gasteiger partial charge in [-0.3, -0.25) is 10.00 Å². The Kier molecular flexibility index (Phi) is 4.18. The minimum atomic E-state index is 0.767. The van der Waals surface area contributed by atoms with Crippen molar-refractivity contribution in [3.8, 4) is 0 Å². The number of rotatable bonds is 4.